The minimum atomic E-state index is -4.75. The second kappa shape index (κ2) is 6.68. The van der Waals surface area contributed by atoms with Crippen LogP contribution < -0.4 is 16.8 Å². The molecule has 14 heteroatoms. The summed E-state index contributed by atoms with van der Waals surface area (Å²) < 4.78 is 31.4. The molecule has 2 heterocycles. The van der Waals surface area contributed by atoms with Gasteiger partial charge in [-0.2, -0.15) is 8.42 Å². The molecular formula is C10H14N6O6S2. The Morgan fingerprint density at radius 3 is 2.75 bits per heavy atom. The van der Waals surface area contributed by atoms with Crippen molar-refractivity contribution in [1.29, 1.82) is 0 Å². The molecule has 6 N–H and O–H groups in total. The van der Waals surface area contributed by atoms with Gasteiger partial charge in [-0.15, -0.1) is 11.3 Å². The number of hydrogen-bond donors (Lipinski definition) is 4. The number of oxime groups is 1. The van der Waals surface area contributed by atoms with Crippen molar-refractivity contribution < 1.29 is 27.4 Å². The van der Waals surface area contributed by atoms with E-state index in [0.29, 0.717) is 0 Å². The van der Waals surface area contributed by atoms with Crippen molar-refractivity contribution >= 4 is 44.3 Å². The van der Waals surface area contributed by atoms with Crippen LogP contribution in [0.3, 0.4) is 0 Å². The lowest BCUT2D eigenvalue weighted by Crippen LogP contribution is -2.74. The topological polar surface area (TPSA) is 190 Å². The molecule has 1 aliphatic rings. The molecule has 0 aromatic carbocycles. The highest BCUT2D eigenvalue weighted by atomic mass is 32.2. The predicted molar refractivity (Wildman–Crippen MR) is 83.2 cm³/mol. The number of carbonyl (C=O) groups is 2. The fourth-order valence-electron chi connectivity index (χ4n) is 2.09. The number of hydrogen-bond acceptors (Lipinski definition) is 10. The van der Waals surface area contributed by atoms with E-state index in [0.717, 1.165) is 11.3 Å². The highest BCUT2D eigenvalue weighted by Gasteiger charge is 2.53. The maximum absolute atomic E-state index is 12.3. The van der Waals surface area contributed by atoms with Gasteiger partial charge in [0.05, 0.1) is 6.04 Å². The zero-order chi connectivity index (χ0) is 18.1. The van der Waals surface area contributed by atoms with Crippen LogP contribution in [0.1, 0.15) is 5.69 Å². The third kappa shape index (κ3) is 3.30. The maximum Gasteiger partial charge on any atom is 0.362 e. The first kappa shape index (κ1) is 18.1. The van der Waals surface area contributed by atoms with Gasteiger partial charge < -0.3 is 21.6 Å². The number of anilines is 1. The van der Waals surface area contributed by atoms with Gasteiger partial charge in [-0.3, -0.25) is 14.1 Å². The number of thiazole rings is 1. The Hall–Kier alpha value is -2.29. The number of nitrogens with zero attached hydrogens (tertiary/aromatic N) is 3. The van der Waals surface area contributed by atoms with E-state index < -0.39 is 34.2 Å². The first-order chi connectivity index (χ1) is 11.2. The minimum absolute atomic E-state index is 0.125. The molecule has 0 saturated carbocycles. The Kier molecular flexibility index (Phi) is 5.02. The Morgan fingerprint density at radius 1 is 1.62 bits per heavy atom. The lowest BCUT2D eigenvalue weighted by Gasteiger charge is -2.43. The summed E-state index contributed by atoms with van der Waals surface area (Å²) in [6.45, 7) is -0.295. The van der Waals surface area contributed by atoms with E-state index in [1.165, 1.54) is 12.5 Å². The molecule has 1 fully saturated rings. The lowest BCUT2D eigenvalue weighted by molar-refractivity contribution is -0.144. The Bertz CT molecular complexity index is 790. The smallest absolute Gasteiger partial charge is 0.362 e. The molecule has 0 aliphatic carbocycles. The molecular weight excluding hydrogens is 364 g/mol. The van der Waals surface area contributed by atoms with Crippen LogP contribution in [-0.4, -0.2) is 65.5 Å². The number of amides is 2. The first-order valence-corrected chi connectivity index (χ1v) is 8.62. The normalized spacial score (nSPS) is 21.4. The summed E-state index contributed by atoms with van der Waals surface area (Å²) in [5.74, 6) is -1.86. The largest absolute Gasteiger partial charge is 0.398 e. The number of nitrogens with two attached hydrogens (primary N) is 2. The molecule has 24 heavy (non-hydrogen) atoms. The van der Waals surface area contributed by atoms with Crippen LogP contribution >= 0.6 is 11.3 Å². The van der Waals surface area contributed by atoms with Crippen LogP contribution in [0.15, 0.2) is 10.5 Å². The van der Waals surface area contributed by atoms with E-state index >= 15 is 0 Å². The van der Waals surface area contributed by atoms with Gasteiger partial charge in [-0.1, -0.05) is 5.16 Å². The zero-order valence-corrected chi connectivity index (χ0v) is 13.9. The molecule has 12 nitrogen and oxygen atoms in total. The molecule has 0 bridgehead atoms. The minimum Gasteiger partial charge on any atom is -0.398 e. The van der Waals surface area contributed by atoms with E-state index in [9.17, 15) is 18.0 Å². The SMILES string of the molecule is CON=C(C(=O)N[C@H]1C(=O)N(S(=O)(=O)O)[C@H]1CN)c1csc(N)n1. The third-order valence-electron chi connectivity index (χ3n) is 3.11. The number of rotatable bonds is 6. The van der Waals surface area contributed by atoms with Gasteiger partial charge in [0.25, 0.3) is 11.8 Å². The molecule has 2 atom stereocenters. The Labute approximate surface area is 140 Å². The van der Waals surface area contributed by atoms with Gasteiger partial charge >= 0.3 is 10.3 Å². The lowest BCUT2D eigenvalue weighted by atomic mass is 9.98. The van der Waals surface area contributed by atoms with Gasteiger partial charge in [0.1, 0.15) is 18.8 Å². The number of nitrogen functional groups attached to an aromatic ring is 1. The first-order valence-electron chi connectivity index (χ1n) is 6.34. The molecule has 0 unspecified atom stereocenters. The van der Waals surface area contributed by atoms with Crippen molar-refractivity contribution in [3.05, 3.63) is 11.1 Å². The van der Waals surface area contributed by atoms with Crippen LogP contribution in [0.4, 0.5) is 5.13 Å². The van der Waals surface area contributed by atoms with Crippen molar-refractivity contribution in [2.24, 2.45) is 10.9 Å². The summed E-state index contributed by atoms with van der Waals surface area (Å²) in [5.41, 5.74) is 10.8. The van der Waals surface area contributed by atoms with E-state index in [1.807, 2.05) is 0 Å². The van der Waals surface area contributed by atoms with Crippen molar-refractivity contribution in [1.82, 2.24) is 14.6 Å². The van der Waals surface area contributed by atoms with Crippen molar-refractivity contribution in [3.8, 4) is 0 Å². The zero-order valence-electron chi connectivity index (χ0n) is 12.2. The summed E-state index contributed by atoms with van der Waals surface area (Å²) >= 11 is 1.07. The highest BCUT2D eigenvalue weighted by molar-refractivity contribution is 7.84. The fraction of sp³-hybridized carbons (Fsp3) is 0.400. The van der Waals surface area contributed by atoms with Crippen LogP contribution in [0.2, 0.25) is 0 Å². The molecule has 0 radical (unpaired) electrons. The Morgan fingerprint density at radius 2 is 2.29 bits per heavy atom. The number of carbonyl (C=O) groups excluding carboxylic acids is 2. The molecule has 1 aliphatic heterocycles. The van der Waals surface area contributed by atoms with Crippen molar-refractivity contribution in [2.45, 2.75) is 12.1 Å². The number of aromatic nitrogens is 1. The van der Waals surface area contributed by atoms with E-state index in [4.69, 9.17) is 16.0 Å². The van der Waals surface area contributed by atoms with Crippen LogP contribution in [-0.2, 0) is 24.7 Å². The Balaban J connectivity index is 2.19. The number of nitrogens with one attached hydrogen (secondary N) is 1. The van der Waals surface area contributed by atoms with Gasteiger partial charge in [0.2, 0.25) is 0 Å². The molecule has 0 spiro atoms. The van der Waals surface area contributed by atoms with Gasteiger partial charge in [-0.05, 0) is 0 Å². The van der Waals surface area contributed by atoms with Crippen molar-refractivity contribution in [3.63, 3.8) is 0 Å². The monoisotopic (exact) mass is 378 g/mol. The number of β-lactam (4-membered cyclic amide) rings is 1. The third-order valence-corrected chi connectivity index (χ3v) is 4.73. The average molecular weight is 378 g/mol. The molecule has 132 valence electrons. The van der Waals surface area contributed by atoms with Gasteiger partial charge in [0, 0.05) is 11.9 Å². The summed E-state index contributed by atoms with van der Waals surface area (Å²) in [6, 6.07) is -2.34. The predicted octanol–water partition coefficient (Wildman–Crippen LogP) is -2.47. The van der Waals surface area contributed by atoms with E-state index in [2.05, 4.69) is 20.3 Å². The summed E-state index contributed by atoms with van der Waals surface area (Å²) in [5, 5.41) is 7.47. The second-order valence-electron chi connectivity index (χ2n) is 4.56. The summed E-state index contributed by atoms with van der Waals surface area (Å²) in [7, 11) is -3.55. The van der Waals surface area contributed by atoms with Gasteiger partial charge in [-0.25, -0.2) is 9.29 Å². The maximum atomic E-state index is 12.3. The van der Waals surface area contributed by atoms with Crippen molar-refractivity contribution in [2.75, 3.05) is 19.4 Å². The quantitative estimate of drug-likeness (QED) is 0.180. The fourth-order valence-corrected chi connectivity index (χ4v) is 3.53. The van der Waals surface area contributed by atoms with Crippen LogP contribution in [0, 0.1) is 0 Å². The summed E-state index contributed by atoms with van der Waals surface area (Å²) in [6.07, 6.45) is 0. The van der Waals surface area contributed by atoms with E-state index in [-0.39, 0.29) is 27.4 Å². The second-order valence-corrected chi connectivity index (χ2v) is 6.74. The average Bonchev–Trinajstić information content (AvgIpc) is 2.91. The molecule has 1 aromatic rings. The summed E-state index contributed by atoms with van der Waals surface area (Å²) in [4.78, 5) is 32.6. The standard InChI is InChI=1S/C10H14N6O6S2/c1-22-15-6(4-3-23-10(12)13-4)8(17)14-7-5(2-11)16(9(7)18)24(19,20)21/h3,5,7H,2,11H2,1H3,(H2,12,13)(H,14,17)(H,19,20,21)/t5-,7+/m0/s1. The van der Waals surface area contributed by atoms with E-state index in [1.54, 1.807) is 0 Å². The molecule has 2 rings (SSSR count). The molecule has 1 aromatic heterocycles. The highest BCUT2D eigenvalue weighted by Crippen LogP contribution is 2.23. The molecule has 2 amide bonds. The van der Waals surface area contributed by atoms with Crippen LogP contribution in [0.25, 0.3) is 0 Å². The van der Waals surface area contributed by atoms with Gasteiger partial charge in [0.15, 0.2) is 10.8 Å². The molecule has 1 saturated heterocycles. The van der Waals surface area contributed by atoms with Crippen LogP contribution in [0.5, 0.6) is 0 Å².